The lowest BCUT2D eigenvalue weighted by Gasteiger charge is -2.11. The fourth-order valence-corrected chi connectivity index (χ4v) is 3.20. The normalized spacial score (nSPS) is 10.6. The number of benzene rings is 3. The van der Waals surface area contributed by atoms with Gasteiger partial charge in [-0.25, -0.2) is 0 Å². The summed E-state index contributed by atoms with van der Waals surface area (Å²) < 4.78 is 13.4. The van der Waals surface area contributed by atoms with Crippen LogP contribution >= 0.6 is 0 Å². The Kier molecular flexibility index (Phi) is 5.43. The van der Waals surface area contributed by atoms with E-state index in [0.29, 0.717) is 6.61 Å². The molecule has 3 nitrogen and oxygen atoms in total. The standard InChI is InChI=1S/C25H23NO2/c1-27-23-15-11-22(12-16-23)25-8-5-17-26(25)18-20-9-13-24(14-10-20)28-19-21-6-3-2-4-7-21/h2-17H,18-19H2,1H3. The molecule has 0 saturated carbocycles. The van der Waals surface area contributed by atoms with Gasteiger partial charge in [0.1, 0.15) is 18.1 Å². The van der Waals surface area contributed by atoms with Gasteiger partial charge in [0.05, 0.1) is 7.11 Å². The van der Waals surface area contributed by atoms with Gasteiger partial charge in [-0.05, 0) is 65.2 Å². The van der Waals surface area contributed by atoms with Crippen LogP contribution in [0.2, 0.25) is 0 Å². The van der Waals surface area contributed by atoms with Crippen molar-refractivity contribution < 1.29 is 9.47 Å². The van der Waals surface area contributed by atoms with Crippen LogP contribution in [0.3, 0.4) is 0 Å². The van der Waals surface area contributed by atoms with Crippen molar-refractivity contribution >= 4 is 0 Å². The molecule has 0 amide bonds. The van der Waals surface area contributed by atoms with E-state index in [4.69, 9.17) is 9.47 Å². The number of ether oxygens (including phenoxy) is 2. The summed E-state index contributed by atoms with van der Waals surface area (Å²) in [5, 5.41) is 0. The minimum atomic E-state index is 0.583. The molecule has 4 rings (SSSR count). The second kappa shape index (κ2) is 8.49. The third kappa shape index (κ3) is 4.26. The zero-order chi connectivity index (χ0) is 19.2. The quantitative estimate of drug-likeness (QED) is 0.411. The summed E-state index contributed by atoms with van der Waals surface area (Å²) in [6.45, 7) is 1.40. The number of methoxy groups -OCH3 is 1. The molecule has 0 aliphatic carbocycles. The molecule has 0 radical (unpaired) electrons. The highest BCUT2D eigenvalue weighted by Crippen LogP contribution is 2.24. The number of rotatable bonds is 7. The Labute approximate surface area is 165 Å². The third-order valence-electron chi connectivity index (χ3n) is 4.74. The van der Waals surface area contributed by atoms with E-state index in [9.17, 15) is 0 Å². The van der Waals surface area contributed by atoms with Gasteiger partial charge in [-0.3, -0.25) is 0 Å². The van der Waals surface area contributed by atoms with Gasteiger partial charge in [0.2, 0.25) is 0 Å². The highest BCUT2D eigenvalue weighted by molar-refractivity contribution is 5.61. The molecule has 3 heteroatoms. The summed E-state index contributed by atoms with van der Waals surface area (Å²) in [6.07, 6.45) is 2.11. The summed E-state index contributed by atoms with van der Waals surface area (Å²) in [5.41, 5.74) is 4.77. The molecule has 0 fully saturated rings. The van der Waals surface area contributed by atoms with Gasteiger partial charge in [0.25, 0.3) is 0 Å². The maximum Gasteiger partial charge on any atom is 0.119 e. The first-order chi connectivity index (χ1) is 13.8. The summed E-state index contributed by atoms with van der Waals surface area (Å²) in [5.74, 6) is 1.75. The third-order valence-corrected chi connectivity index (χ3v) is 4.74. The molecule has 1 aromatic heterocycles. The van der Waals surface area contributed by atoms with Crippen molar-refractivity contribution in [2.75, 3.05) is 7.11 Å². The van der Waals surface area contributed by atoms with E-state index in [-0.39, 0.29) is 0 Å². The second-order valence-corrected chi connectivity index (χ2v) is 6.67. The predicted octanol–water partition coefficient (Wildman–Crippen LogP) is 5.79. The molecule has 0 bridgehead atoms. The zero-order valence-electron chi connectivity index (χ0n) is 15.9. The Bertz CT molecular complexity index is 1000. The van der Waals surface area contributed by atoms with Crippen LogP contribution in [0.4, 0.5) is 0 Å². The largest absolute Gasteiger partial charge is 0.497 e. The SMILES string of the molecule is COc1ccc(-c2cccn2Cc2ccc(OCc3ccccc3)cc2)cc1. The molecule has 0 N–H and O–H groups in total. The van der Waals surface area contributed by atoms with E-state index in [1.54, 1.807) is 7.11 Å². The summed E-state index contributed by atoms with van der Waals surface area (Å²) in [7, 11) is 1.69. The van der Waals surface area contributed by atoms with E-state index in [1.807, 2.05) is 42.5 Å². The van der Waals surface area contributed by atoms with Crippen molar-refractivity contribution in [2.24, 2.45) is 0 Å². The molecule has 140 valence electrons. The van der Waals surface area contributed by atoms with Gasteiger partial charge in [-0.15, -0.1) is 0 Å². The molecule has 0 spiro atoms. The molecule has 0 aliphatic heterocycles. The summed E-state index contributed by atoms with van der Waals surface area (Å²) >= 11 is 0. The molecule has 0 aliphatic rings. The van der Waals surface area contributed by atoms with Crippen molar-refractivity contribution in [3.8, 4) is 22.8 Å². The van der Waals surface area contributed by atoms with E-state index in [1.165, 1.54) is 22.4 Å². The molecular weight excluding hydrogens is 346 g/mol. The molecule has 0 atom stereocenters. The highest BCUT2D eigenvalue weighted by Gasteiger charge is 2.06. The molecular formula is C25H23NO2. The van der Waals surface area contributed by atoms with Crippen LogP contribution in [-0.4, -0.2) is 11.7 Å². The molecule has 3 aromatic carbocycles. The molecule has 28 heavy (non-hydrogen) atoms. The topological polar surface area (TPSA) is 23.4 Å². The molecule has 0 unspecified atom stereocenters. The molecule has 1 heterocycles. The fraction of sp³-hybridized carbons (Fsp3) is 0.120. The minimum Gasteiger partial charge on any atom is -0.497 e. The van der Waals surface area contributed by atoms with Crippen molar-refractivity contribution in [3.05, 3.63) is 108 Å². The van der Waals surface area contributed by atoms with Crippen LogP contribution in [0.5, 0.6) is 11.5 Å². The average molecular weight is 369 g/mol. The van der Waals surface area contributed by atoms with Crippen LogP contribution in [0.25, 0.3) is 11.3 Å². The minimum absolute atomic E-state index is 0.583. The van der Waals surface area contributed by atoms with Crippen molar-refractivity contribution in [1.82, 2.24) is 4.57 Å². The first-order valence-electron chi connectivity index (χ1n) is 9.37. The van der Waals surface area contributed by atoms with Crippen molar-refractivity contribution in [1.29, 1.82) is 0 Å². The average Bonchev–Trinajstić information content (AvgIpc) is 3.22. The Morgan fingerprint density at radius 3 is 2.11 bits per heavy atom. The van der Waals surface area contributed by atoms with Crippen LogP contribution in [0.15, 0.2) is 97.2 Å². The van der Waals surface area contributed by atoms with Gasteiger partial charge in [0.15, 0.2) is 0 Å². The Hall–Kier alpha value is -3.46. The Balaban J connectivity index is 1.43. The fourth-order valence-electron chi connectivity index (χ4n) is 3.20. The van der Waals surface area contributed by atoms with E-state index in [0.717, 1.165) is 18.0 Å². The van der Waals surface area contributed by atoms with Crippen LogP contribution in [0, 0.1) is 0 Å². The lowest BCUT2D eigenvalue weighted by atomic mass is 10.1. The van der Waals surface area contributed by atoms with E-state index >= 15 is 0 Å². The highest BCUT2D eigenvalue weighted by atomic mass is 16.5. The monoisotopic (exact) mass is 369 g/mol. The lowest BCUT2D eigenvalue weighted by molar-refractivity contribution is 0.306. The Morgan fingerprint density at radius 1 is 0.679 bits per heavy atom. The van der Waals surface area contributed by atoms with Crippen LogP contribution < -0.4 is 9.47 Å². The van der Waals surface area contributed by atoms with Crippen molar-refractivity contribution in [2.45, 2.75) is 13.2 Å². The predicted molar refractivity (Wildman–Crippen MR) is 113 cm³/mol. The van der Waals surface area contributed by atoms with Gasteiger partial charge in [-0.2, -0.15) is 0 Å². The number of hydrogen-bond acceptors (Lipinski definition) is 2. The van der Waals surface area contributed by atoms with Gasteiger partial charge in [-0.1, -0.05) is 42.5 Å². The van der Waals surface area contributed by atoms with Gasteiger partial charge in [0, 0.05) is 18.4 Å². The molecule has 4 aromatic rings. The van der Waals surface area contributed by atoms with Crippen LogP contribution in [-0.2, 0) is 13.2 Å². The van der Waals surface area contributed by atoms with Crippen LogP contribution in [0.1, 0.15) is 11.1 Å². The maximum atomic E-state index is 5.88. The van der Waals surface area contributed by atoms with Gasteiger partial charge < -0.3 is 14.0 Å². The summed E-state index contributed by atoms with van der Waals surface area (Å²) in [4.78, 5) is 0. The number of aromatic nitrogens is 1. The maximum absolute atomic E-state index is 5.88. The lowest BCUT2D eigenvalue weighted by Crippen LogP contribution is -2.01. The zero-order valence-corrected chi connectivity index (χ0v) is 15.9. The molecule has 0 saturated heterocycles. The first kappa shape index (κ1) is 17.9. The second-order valence-electron chi connectivity index (χ2n) is 6.67. The summed E-state index contributed by atoms with van der Waals surface area (Å²) in [6, 6.07) is 30.9. The van der Waals surface area contributed by atoms with E-state index in [2.05, 4.69) is 59.3 Å². The first-order valence-corrected chi connectivity index (χ1v) is 9.37. The van der Waals surface area contributed by atoms with Crippen molar-refractivity contribution in [3.63, 3.8) is 0 Å². The number of hydrogen-bond donors (Lipinski definition) is 0. The van der Waals surface area contributed by atoms with E-state index < -0.39 is 0 Å². The number of nitrogens with zero attached hydrogens (tertiary/aromatic N) is 1. The Morgan fingerprint density at radius 2 is 1.39 bits per heavy atom. The van der Waals surface area contributed by atoms with Gasteiger partial charge >= 0.3 is 0 Å². The smallest absolute Gasteiger partial charge is 0.119 e.